The molecule has 0 atom stereocenters. The molecule has 3 rings (SSSR count). The summed E-state index contributed by atoms with van der Waals surface area (Å²) in [6.45, 7) is 7.79. The molecule has 1 saturated heterocycles. The summed E-state index contributed by atoms with van der Waals surface area (Å²) >= 11 is 0. The van der Waals surface area contributed by atoms with Gasteiger partial charge in [0.2, 0.25) is 0 Å². The van der Waals surface area contributed by atoms with E-state index in [1.807, 2.05) is 36.1 Å². The molecule has 1 heterocycles. The van der Waals surface area contributed by atoms with E-state index in [0.717, 1.165) is 26.2 Å². The van der Waals surface area contributed by atoms with Crippen LogP contribution in [-0.2, 0) is 0 Å². The fraction of sp³-hybridized carbons (Fsp3) is 0.350. The zero-order valence-corrected chi connectivity index (χ0v) is 14.4. The van der Waals surface area contributed by atoms with E-state index in [4.69, 9.17) is 4.74 Å². The molecule has 0 N–H and O–H groups in total. The number of amides is 1. The van der Waals surface area contributed by atoms with Gasteiger partial charge in [-0.3, -0.25) is 4.79 Å². The highest BCUT2D eigenvalue weighted by Gasteiger charge is 2.24. The second kappa shape index (κ2) is 7.39. The van der Waals surface area contributed by atoms with Crippen molar-refractivity contribution in [3.63, 3.8) is 0 Å². The Balaban J connectivity index is 1.69. The zero-order chi connectivity index (χ0) is 16.9. The minimum atomic E-state index is 0.0588. The summed E-state index contributed by atoms with van der Waals surface area (Å²) in [6, 6.07) is 15.9. The fourth-order valence-electron chi connectivity index (χ4n) is 3.16. The van der Waals surface area contributed by atoms with Crippen LogP contribution in [0, 0.1) is 6.92 Å². The molecule has 0 aromatic heterocycles. The highest BCUT2D eigenvalue weighted by molar-refractivity contribution is 5.97. The maximum atomic E-state index is 12.8. The second-order valence-corrected chi connectivity index (χ2v) is 5.99. The van der Waals surface area contributed by atoms with Gasteiger partial charge < -0.3 is 14.5 Å². The summed E-state index contributed by atoms with van der Waals surface area (Å²) in [4.78, 5) is 17.1. The van der Waals surface area contributed by atoms with Crippen LogP contribution in [-0.4, -0.2) is 43.6 Å². The first kappa shape index (κ1) is 16.4. The lowest BCUT2D eigenvalue weighted by Crippen LogP contribution is -2.49. The van der Waals surface area contributed by atoms with Gasteiger partial charge >= 0.3 is 0 Å². The first-order valence-electron chi connectivity index (χ1n) is 8.52. The van der Waals surface area contributed by atoms with Crippen LogP contribution in [0.4, 0.5) is 5.69 Å². The molecule has 2 aromatic carbocycles. The van der Waals surface area contributed by atoms with E-state index in [9.17, 15) is 4.79 Å². The Morgan fingerprint density at radius 2 is 1.67 bits per heavy atom. The van der Waals surface area contributed by atoms with E-state index in [-0.39, 0.29) is 5.91 Å². The maximum Gasteiger partial charge on any atom is 0.257 e. The van der Waals surface area contributed by atoms with Gasteiger partial charge in [-0.1, -0.05) is 30.3 Å². The molecule has 1 fully saturated rings. The van der Waals surface area contributed by atoms with Crippen molar-refractivity contribution in [3.05, 3.63) is 59.7 Å². The Bertz CT molecular complexity index is 706. The van der Waals surface area contributed by atoms with Crippen LogP contribution in [0.5, 0.6) is 5.75 Å². The molecule has 0 spiro atoms. The van der Waals surface area contributed by atoms with Gasteiger partial charge in [0.15, 0.2) is 0 Å². The standard InChI is InChI=1S/C20H24N2O2/c1-3-24-19-11-7-5-9-17(19)20(23)22-14-12-21(13-15-22)18-10-6-4-8-16(18)2/h4-11H,3,12-15H2,1-2H3. The van der Waals surface area contributed by atoms with E-state index in [1.165, 1.54) is 11.3 Å². The number of benzene rings is 2. The molecule has 1 amide bonds. The summed E-state index contributed by atoms with van der Waals surface area (Å²) in [7, 11) is 0. The molecule has 0 aliphatic carbocycles. The SMILES string of the molecule is CCOc1ccccc1C(=O)N1CCN(c2ccccc2C)CC1. The van der Waals surface area contributed by atoms with Gasteiger partial charge in [0.05, 0.1) is 12.2 Å². The predicted molar refractivity (Wildman–Crippen MR) is 96.9 cm³/mol. The minimum absolute atomic E-state index is 0.0588. The minimum Gasteiger partial charge on any atom is -0.493 e. The van der Waals surface area contributed by atoms with Crippen LogP contribution in [0.2, 0.25) is 0 Å². The predicted octanol–water partition coefficient (Wildman–Crippen LogP) is 3.36. The van der Waals surface area contributed by atoms with Gasteiger partial charge in [0, 0.05) is 31.9 Å². The number of carbonyl (C=O) groups excluding carboxylic acids is 1. The molecule has 0 saturated carbocycles. The van der Waals surface area contributed by atoms with E-state index in [2.05, 4.69) is 36.1 Å². The lowest BCUT2D eigenvalue weighted by atomic mass is 10.1. The Morgan fingerprint density at radius 1 is 1.00 bits per heavy atom. The van der Waals surface area contributed by atoms with Crippen molar-refractivity contribution < 1.29 is 9.53 Å². The number of hydrogen-bond acceptors (Lipinski definition) is 3. The average molecular weight is 324 g/mol. The van der Waals surface area contributed by atoms with Crippen molar-refractivity contribution in [2.45, 2.75) is 13.8 Å². The van der Waals surface area contributed by atoms with Gasteiger partial charge in [-0.25, -0.2) is 0 Å². The van der Waals surface area contributed by atoms with Gasteiger partial charge in [0.1, 0.15) is 5.75 Å². The number of carbonyl (C=O) groups is 1. The van der Waals surface area contributed by atoms with Gasteiger partial charge in [-0.05, 0) is 37.6 Å². The third-order valence-electron chi connectivity index (χ3n) is 4.44. The van der Waals surface area contributed by atoms with Crippen molar-refractivity contribution in [2.24, 2.45) is 0 Å². The Kier molecular flexibility index (Phi) is 5.04. The summed E-state index contributed by atoms with van der Waals surface area (Å²) in [5.41, 5.74) is 3.20. The molecule has 1 aliphatic rings. The summed E-state index contributed by atoms with van der Waals surface area (Å²) in [6.07, 6.45) is 0. The topological polar surface area (TPSA) is 32.8 Å². The van der Waals surface area contributed by atoms with Crippen molar-refractivity contribution >= 4 is 11.6 Å². The number of nitrogens with zero attached hydrogens (tertiary/aromatic N) is 2. The third kappa shape index (κ3) is 3.37. The number of piperazine rings is 1. The molecule has 24 heavy (non-hydrogen) atoms. The molecule has 0 bridgehead atoms. The molecular formula is C20H24N2O2. The van der Waals surface area contributed by atoms with Crippen molar-refractivity contribution in [1.82, 2.24) is 4.90 Å². The molecule has 4 heteroatoms. The monoisotopic (exact) mass is 324 g/mol. The highest BCUT2D eigenvalue weighted by atomic mass is 16.5. The van der Waals surface area contributed by atoms with Crippen molar-refractivity contribution in [3.8, 4) is 5.75 Å². The number of para-hydroxylation sites is 2. The van der Waals surface area contributed by atoms with Crippen LogP contribution in [0.1, 0.15) is 22.8 Å². The summed E-state index contributed by atoms with van der Waals surface area (Å²) in [5, 5.41) is 0. The third-order valence-corrected chi connectivity index (χ3v) is 4.44. The lowest BCUT2D eigenvalue weighted by molar-refractivity contribution is 0.0742. The van der Waals surface area contributed by atoms with Crippen LogP contribution >= 0.6 is 0 Å². The zero-order valence-electron chi connectivity index (χ0n) is 14.4. The normalized spacial score (nSPS) is 14.6. The molecule has 2 aromatic rings. The Labute approximate surface area is 143 Å². The number of anilines is 1. The van der Waals surface area contributed by atoms with Crippen LogP contribution in [0.15, 0.2) is 48.5 Å². The smallest absolute Gasteiger partial charge is 0.257 e. The van der Waals surface area contributed by atoms with Crippen molar-refractivity contribution in [1.29, 1.82) is 0 Å². The van der Waals surface area contributed by atoms with Crippen LogP contribution < -0.4 is 9.64 Å². The number of ether oxygens (including phenoxy) is 1. The summed E-state index contributed by atoms with van der Waals surface area (Å²) in [5.74, 6) is 0.731. The van der Waals surface area contributed by atoms with Crippen LogP contribution in [0.25, 0.3) is 0 Å². The first-order chi connectivity index (χ1) is 11.7. The summed E-state index contributed by atoms with van der Waals surface area (Å²) < 4.78 is 5.60. The van der Waals surface area contributed by atoms with Gasteiger partial charge in [0.25, 0.3) is 5.91 Å². The fourth-order valence-corrected chi connectivity index (χ4v) is 3.16. The number of hydrogen-bond donors (Lipinski definition) is 0. The quantitative estimate of drug-likeness (QED) is 0.864. The van der Waals surface area contributed by atoms with Crippen LogP contribution in [0.3, 0.4) is 0 Å². The van der Waals surface area contributed by atoms with Gasteiger partial charge in [-0.15, -0.1) is 0 Å². The Hall–Kier alpha value is -2.49. The molecule has 0 unspecified atom stereocenters. The average Bonchev–Trinajstić information content (AvgIpc) is 2.63. The highest BCUT2D eigenvalue weighted by Crippen LogP contribution is 2.23. The Morgan fingerprint density at radius 3 is 2.38 bits per heavy atom. The molecule has 4 nitrogen and oxygen atoms in total. The van der Waals surface area contributed by atoms with E-state index in [1.54, 1.807) is 0 Å². The largest absolute Gasteiger partial charge is 0.493 e. The van der Waals surface area contributed by atoms with E-state index >= 15 is 0 Å². The number of rotatable bonds is 4. The molecule has 1 aliphatic heterocycles. The second-order valence-electron chi connectivity index (χ2n) is 5.99. The van der Waals surface area contributed by atoms with E-state index < -0.39 is 0 Å². The van der Waals surface area contributed by atoms with E-state index in [0.29, 0.717) is 17.9 Å². The molecule has 126 valence electrons. The molecular weight excluding hydrogens is 300 g/mol. The lowest BCUT2D eigenvalue weighted by Gasteiger charge is -2.37. The maximum absolute atomic E-state index is 12.8. The van der Waals surface area contributed by atoms with Gasteiger partial charge in [-0.2, -0.15) is 0 Å². The molecule has 0 radical (unpaired) electrons. The number of aryl methyl sites for hydroxylation is 1. The first-order valence-corrected chi connectivity index (χ1v) is 8.52. The van der Waals surface area contributed by atoms with Crippen molar-refractivity contribution in [2.75, 3.05) is 37.7 Å².